The first-order valence-electron chi connectivity index (χ1n) is 5.76. The largest absolute Gasteiger partial charge is 0.444 e. The van der Waals surface area contributed by atoms with Crippen LogP contribution in [0.2, 0.25) is 5.02 Å². The lowest BCUT2D eigenvalue weighted by Crippen LogP contribution is -2.36. The number of rotatable bonds is 3. The minimum atomic E-state index is -0.510. The van der Waals surface area contributed by atoms with Crippen molar-refractivity contribution in [1.29, 1.82) is 0 Å². The molecule has 1 aromatic carbocycles. The molecule has 0 unspecified atom stereocenters. The summed E-state index contributed by atoms with van der Waals surface area (Å²) in [5.74, 6) is 0. The van der Waals surface area contributed by atoms with Gasteiger partial charge in [0.1, 0.15) is 5.60 Å². The third-order valence-corrected chi connectivity index (χ3v) is 2.38. The van der Waals surface area contributed by atoms with E-state index in [-0.39, 0.29) is 6.04 Å². The number of halogens is 1. The molecule has 0 fully saturated rings. The van der Waals surface area contributed by atoms with Gasteiger partial charge in [-0.3, -0.25) is 0 Å². The maximum absolute atomic E-state index is 11.4. The normalized spacial score (nSPS) is 12.9. The molecule has 0 heterocycles. The molecule has 3 N–H and O–H groups in total. The average molecular weight is 271 g/mol. The molecule has 0 aromatic heterocycles. The third-order valence-electron chi connectivity index (χ3n) is 2.14. The van der Waals surface area contributed by atoms with E-state index >= 15 is 0 Å². The Bertz CT molecular complexity index is 416. The van der Waals surface area contributed by atoms with Gasteiger partial charge in [0.15, 0.2) is 0 Å². The molecule has 1 atom stereocenters. The van der Waals surface area contributed by atoms with Crippen molar-refractivity contribution < 1.29 is 9.53 Å². The van der Waals surface area contributed by atoms with Crippen molar-refractivity contribution in [3.8, 4) is 0 Å². The van der Waals surface area contributed by atoms with Crippen molar-refractivity contribution in [2.45, 2.75) is 32.4 Å². The lowest BCUT2D eigenvalue weighted by atomic mass is 10.1. The van der Waals surface area contributed by atoms with Crippen LogP contribution < -0.4 is 11.1 Å². The van der Waals surface area contributed by atoms with Crippen LogP contribution in [0, 0.1) is 0 Å². The summed E-state index contributed by atoms with van der Waals surface area (Å²) in [4.78, 5) is 11.4. The number of ether oxygens (including phenoxy) is 1. The first kappa shape index (κ1) is 14.8. The summed E-state index contributed by atoms with van der Waals surface area (Å²) in [7, 11) is 0. The molecule has 18 heavy (non-hydrogen) atoms. The van der Waals surface area contributed by atoms with E-state index in [0.717, 1.165) is 5.56 Å². The summed E-state index contributed by atoms with van der Waals surface area (Å²) in [5.41, 5.74) is 6.31. The maximum Gasteiger partial charge on any atom is 0.407 e. The molecule has 0 saturated carbocycles. The Morgan fingerprint density at radius 2 is 2.17 bits per heavy atom. The van der Waals surface area contributed by atoms with E-state index < -0.39 is 11.7 Å². The molecular weight excluding hydrogens is 252 g/mol. The Kier molecular flexibility index (Phi) is 4.99. The molecule has 0 saturated heterocycles. The molecule has 0 aliphatic heterocycles. The Balaban J connectivity index is 2.46. The van der Waals surface area contributed by atoms with E-state index in [9.17, 15) is 4.79 Å². The molecular formula is C13H19ClN2O2. The summed E-state index contributed by atoms with van der Waals surface area (Å²) in [6, 6.07) is 6.94. The number of carbonyl (C=O) groups excluding carboxylic acids is 1. The van der Waals surface area contributed by atoms with Crippen LogP contribution in [0.4, 0.5) is 4.79 Å². The van der Waals surface area contributed by atoms with E-state index in [1.165, 1.54) is 0 Å². The Morgan fingerprint density at radius 3 is 2.72 bits per heavy atom. The summed E-state index contributed by atoms with van der Waals surface area (Å²) < 4.78 is 5.12. The highest BCUT2D eigenvalue weighted by Gasteiger charge is 2.16. The molecule has 1 rings (SSSR count). The van der Waals surface area contributed by atoms with Gasteiger partial charge in [0.05, 0.1) is 0 Å². The Morgan fingerprint density at radius 1 is 1.50 bits per heavy atom. The highest BCUT2D eigenvalue weighted by molar-refractivity contribution is 6.30. The van der Waals surface area contributed by atoms with Gasteiger partial charge in [-0.25, -0.2) is 4.79 Å². The Labute approximate surface area is 112 Å². The summed E-state index contributed by atoms with van der Waals surface area (Å²) in [6.07, 6.45) is -0.472. The molecule has 0 aliphatic rings. The zero-order valence-electron chi connectivity index (χ0n) is 10.9. The van der Waals surface area contributed by atoms with Gasteiger partial charge in [-0.2, -0.15) is 0 Å². The van der Waals surface area contributed by atoms with Gasteiger partial charge in [-0.15, -0.1) is 0 Å². The molecule has 1 amide bonds. The fourth-order valence-electron chi connectivity index (χ4n) is 1.36. The highest BCUT2D eigenvalue weighted by Crippen LogP contribution is 2.15. The molecule has 0 spiro atoms. The summed E-state index contributed by atoms with van der Waals surface area (Å²) in [5, 5.41) is 3.25. The van der Waals surface area contributed by atoms with E-state index in [1.54, 1.807) is 12.1 Å². The van der Waals surface area contributed by atoms with Crippen LogP contribution in [-0.4, -0.2) is 18.2 Å². The topological polar surface area (TPSA) is 64.3 Å². The zero-order chi connectivity index (χ0) is 13.8. The highest BCUT2D eigenvalue weighted by atomic mass is 35.5. The van der Waals surface area contributed by atoms with Crippen LogP contribution in [0.1, 0.15) is 32.4 Å². The van der Waals surface area contributed by atoms with Crippen LogP contribution in [0.3, 0.4) is 0 Å². The predicted octanol–water partition coefficient (Wildman–Crippen LogP) is 2.86. The lowest BCUT2D eigenvalue weighted by Gasteiger charge is -2.21. The molecule has 100 valence electrons. The molecule has 5 heteroatoms. The fraction of sp³-hybridized carbons (Fsp3) is 0.462. The minimum absolute atomic E-state index is 0.301. The van der Waals surface area contributed by atoms with Gasteiger partial charge in [0.25, 0.3) is 0 Å². The number of nitrogens with two attached hydrogens (primary N) is 1. The lowest BCUT2D eigenvalue weighted by molar-refractivity contribution is 0.0524. The predicted molar refractivity (Wildman–Crippen MR) is 72.6 cm³/mol. The van der Waals surface area contributed by atoms with Gasteiger partial charge in [-0.05, 0) is 38.5 Å². The van der Waals surface area contributed by atoms with Gasteiger partial charge < -0.3 is 15.8 Å². The number of alkyl carbamates (subject to hydrolysis) is 1. The van der Waals surface area contributed by atoms with Crippen molar-refractivity contribution in [1.82, 2.24) is 5.32 Å². The Hall–Kier alpha value is -1.26. The number of carbonyl (C=O) groups is 1. The quantitative estimate of drug-likeness (QED) is 0.888. The number of hydrogen-bond donors (Lipinski definition) is 2. The molecule has 1 aromatic rings. The van der Waals surface area contributed by atoms with E-state index in [1.807, 2.05) is 32.9 Å². The average Bonchev–Trinajstić information content (AvgIpc) is 2.23. The minimum Gasteiger partial charge on any atom is -0.444 e. The van der Waals surface area contributed by atoms with Crippen molar-refractivity contribution in [2.75, 3.05) is 6.54 Å². The second-order valence-electron chi connectivity index (χ2n) is 5.04. The summed E-state index contributed by atoms with van der Waals surface area (Å²) in [6.45, 7) is 5.73. The number of nitrogens with one attached hydrogen (secondary N) is 1. The van der Waals surface area contributed by atoms with Crippen molar-refractivity contribution >= 4 is 17.7 Å². The standard InChI is InChI=1S/C13H19ClN2O2/c1-13(2,3)18-12(17)16-8-11(15)9-5-4-6-10(14)7-9/h4-7,11H,8,15H2,1-3H3,(H,16,17)/t11-/m1/s1. The number of amides is 1. The van der Waals surface area contributed by atoms with Crippen LogP contribution in [0.5, 0.6) is 0 Å². The monoisotopic (exact) mass is 270 g/mol. The summed E-state index contributed by atoms with van der Waals surface area (Å²) >= 11 is 5.87. The van der Waals surface area contributed by atoms with Crippen molar-refractivity contribution in [3.05, 3.63) is 34.9 Å². The fourth-order valence-corrected chi connectivity index (χ4v) is 1.56. The second-order valence-corrected chi connectivity index (χ2v) is 5.48. The SMILES string of the molecule is CC(C)(C)OC(=O)NC[C@@H](N)c1cccc(Cl)c1. The second kappa shape index (κ2) is 6.07. The van der Waals surface area contributed by atoms with Gasteiger partial charge in [0, 0.05) is 17.6 Å². The van der Waals surface area contributed by atoms with Crippen molar-refractivity contribution in [3.63, 3.8) is 0 Å². The molecule has 4 nitrogen and oxygen atoms in total. The first-order valence-corrected chi connectivity index (χ1v) is 6.13. The number of hydrogen-bond acceptors (Lipinski definition) is 3. The molecule has 0 radical (unpaired) electrons. The van der Waals surface area contributed by atoms with Gasteiger partial charge >= 0.3 is 6.09 Å². The van der Waals surface area contributed by atoms with E-state index in [2.05, 4.69) is 5.32 Å². The van der Waals surface area contributed by atoms with Crippen LogP contribution in [0.15, 0.2) is 24.3 Å². The number of benzene rings is 1. The smallest absolute Gasteiger partial charge is 0.407 e. The van der Waals surface area contributed by atoms with E-state index in [4.69, 9.17) is 22.1 Å². The first-order chi connectivity index (χ1) is 8.28. The maximum atomic E-state index is 11.4. The van der Waals surface area contributed by atoms with Crippen LogP contribution in [0.25, 0.3) is 0 Å². The molecule has 0 aliphatic carbocycles. The van der Waals surface area contributed by atoms with Crippen molar-refractivity contribution in [2.24, 2.45) is 5.73 Å². The molecule has 0 bridgehead atoms. The van der Waals surface area contributed by atoms with E-state index in [0.29, 0.717) is 11.6 Å². The zero-order valence-corrected chi connectivity index (χ0v) is 11.6. The van der Waals surface area contributed by atoms with Gasteiger partial charge in [0.2, 0.25) is 0 Å². The van der Waals surface area contributed by atoms with Crippen LogP contribution in [-0.2, 0) is 4.74 Å². The third kappa shape index (κ3) is 5.38. The van der Waals surface area contributed by atoms with Gasteiger partial charge in [-0.1, -0.05) is 23.7 Å². The van der Waals surface area contributed by atoms with Crippen LogP contribution >= 0.6 is 11.6 Å².